The van der Waals surface area contributed by atoms with Gasteiger partial charge >= 0.3 is 131 Å². The molecule has 4 saturated heterocycles. The number of ether oxygens (including phenoxy) is 7. The molecule has 4 aliphatic rings. The standard InChI is InChI=1S/C15H24N3O6P.C12H22N2O5Si.2C10H19NO5Si.C6H17NOSi.CH3I.CH4.V/c1-16-8-5-3-2-4-6-11-7-9-18(15(20)17-11)13-10-12(14(19)23-13)24-25(21)22;1-9-6-10(11(19-9)7-18-13)17-8-12(15)14-4-3-5-20-16-2;2*1-14-17-6-2-4-11-9(12)7-16-8-3-5-15-10(8)13;1-8-9(2,3)6-4-5-7;1-2;;/h7,9,12-14,16,19H,2-6,8,10H2,1H3;9-11H,3-8H2,1-2H3,(H,14,15);2*8,10,13H,2-7H2,1H3,(H,11,12);4-7H2,1-3H3;1H3;1H4;/i19D;9T;2*5T;;;1T;. The number of nitrogens with zero attached hydrogens (tertiary/aromatic N) is 3. The van der Waals surface area contributed by atoms with Gasteiger partial charge in [0.25, 0.3) is 0 Å². The van der Waals surface area contributed by atoms with E-state index >= 15 is 0 Å². The van der Waals surface area contributed by atoms with E-state index < -0.39 is 91.0 Å². The molecule has 4 aliphatic heterocycles. The Morgan fingerprint density at radius 1 is 0.848 bits per heavy atom. The number of amides is 3. The van der Waals surface area contributed by atoms with E-state index in [4.69, 9.17) is 68.3 Å². The molecule has 533 valence electrons. The molecule has 1 aromatic heterocycles. The van der Waals surface area contributed by atoms with E-state index in [1.165, 1.54) is 18.0 Å². The summed E-state index contributed by atoms with van der Waals surface area (Å²) in [7, 11) is 6.96. The van der Waals surface area contributed by atoms with Gasteiger partial charge in [-0.05, 0) is 105 Å². The first-order valence-corrected chi connectivity index (χ1v) is 40.3. The second kappa shape index (κ2) is 60.8. The molecule has 6 radical (unpaired) electrons. The van der Waals surface area contributed by atoms with Gasteiger partial charge in [-0.15, -0.1) is 4.52 Å². The molecule has 0 spiro atoms. The Kier molecular flexibility index (Phi) is 54.8. The van der Waals surface area contributed by atoms with Crippen LogP contribution in [0.4, 0.5) is 0 Å². The first-order chi connectivity index (χ1) is 46.4. The van der Waals surface area contributed by atoms with Crippen LogP contribution in [0.25, 0.3) is 0 Å². The van der Waals surface area contributed by atoms with Gasteiger partial charge in [0.05, 0.1) is 15.9 Å². The first-order valence-electron chi connectivity index (χ1n) is 33.0. The summed E-state index contributed by atoms with van der Waals surface area (Å²) in [5.41, 5.74) is 5.58. The molecule has 4 fully saturated rings. The molecule has 0 saturated carbocycles. The van der Waals surface area contributed by atoms with Crippen LogP contribution in [0.5, 0.6) is 0 Å². The van der Waals surface area contributed by atoms with Gasteiger partial charge in [-0.2, -0.15) is 4.98 Å². The zero-order valence-corrected chi connectivity index (χ0v) is 63.6. The molecular weight excluding hydrogens is 1450 g/mol. The van der Waals surface area contributed by atoms with Crippen LogP contribution in [0.15, 0.2) is 21.0 Å². The van der Waals surface area contributed by atoms with E-state index in [-0.39, 0.29) is 69.5 Å². The molecule has 13 atom stereocenters. The zero-order chi connectivity index (χ0) is 73.5. The molecule has 5 rings (SSSR count). The second-order valence-corrected chi connectivity index (χ2v) is 29.5. The zero-order valence-electron chi connectivity index (χ0n) is 60.1. The normalized spacial score (nSPS) is 25.3. The third-order valence-corrected chi connectivity index (χ3v) is 18.8. The maximum absolute atomic E-state index is 12.2. The topological polar surface area (TPSA) is 393 Å². The molecule has 30 nitrogen and oxygen atoms in total. The van der Waals surface area contributed by atoms with Crippen molar-refractivity contribution in [3.05, 3.63) is 28.4 Å². The van der Waals surface area contributed by atoms with Crippen LogP contribution in [0.1, 0.15) is 109 Å². The van der Waals surface area contributed by atoms with Crippen molar-refractivity contribution in [3.8, 4) is 0 Å². The van der Waals surface area contributed by atoms with Gasteiger partial charge in [0.1, 0.15) is 31.6 Å². The number of aromatic nitrogens is 2. The molecule has 3 amide bonds. The summed E-state index contributed by atoms with van der Waals surface area (Å²) in [6.07, 6.45) is 3.20. The number of aliphatic hydroxyl groups excluding tert-OH is 3. The van der Waals surface area contributed by atoms with Crippen molar-refractivity contribution < 1.29 is 122 Å². The Bertz CT molecular complexity index is 2210. The predicted molar refractivity (Wildman–Crippen MR) is 353 cm³/mol. The average molecular weight is 1560 g/mol. The van der Waals surface area contributed by atoms with E-state index in [0.29, 0.717) is 61.0 Å². The Hall–Kier alpha value is -1.39. The number of carbonyl (C=O) groups is 3. The number of halogens is 1. The number of aryl methyl sites for hydroxylation is 1. The van der Waals surface area contributed by atoms with Crippen LogP contribution in [0.3, 0.4) is 0 Å². The molecule has 0 aliphatic carbocycles. The molecule has 5 heterocycles. The van der Waals surface area contributed by atoms with Crippen LogP contribution < -0.4 is 37.6 Å². The van der Waals surface area contributed by atoms with E-state index in [9.17, 15) is 38.8 Å². The number of nitrogens with two attached hydrogens (primary N) is 1. The van der Waals surface area contributed by atoms with Gasteiger partial charge < -0.3 is 83.3 Å². The van der Waals surface area contributed by atoms with Crippen LogP contribution in [-0.2, 0) is 103 Å². The minimum absolute atomic E-state index is 0.0491. The second-order valence-electron chi connectivity index (χ2n) is 20.5. The molecule has 92 heavy (non-hydrogen) atoms. The van der Waals surface area contributed by atoms with Crippen LogP contribution in [-0.4, -0.2) is 250 Å². The maximum atomic E-state index is 12.2. The predicted octanol–water partition coefficient (Wildman–Crippen LogP) is 2.08. The van der Waals surface area contributed by atoms with Gasteiger partial charge in [-0.25, -0.2) is 4.79 Å². The fourth-order valence-corrected chi connectivity index (χ4v) is 11.3. The summed E-state index contributed by atoms with van der Waals surface area (Å²) in [5.74, 6) is -0.622. The van der Waals surface area contributed by atoms with Gasteiger partial charge in [-0.3, -0.25) is 14.2 Å². The molecule has 37 heteroatoms. The van der Waals surface area contributed by atoms with Crippen molar-refractivity contribution in [2.24, 2.45) is 9.69 Å². The summed E-state index contributed by atoms with van der Waals surface area (Å²) in [4.78, 5) is 68.4. The van der Waals surface area contributed by atoms with E-state index in [0.717, 1.165) is 89.0 Å². The van der Waals surface area contributed by atoms with Gasteiger partial charge in [0.15, 0.2) is 33.3 Å². The molecule has 13 unspecified atom stereocenters. The number of nitrogens with one attached hydrogen (secondary N) is 4. The van der Waals surface area contributed by atoms with E-state index in [1.807, 2.05) is 29.2 Å². The van der Waals surface area contributed by atoms with Crippen LogP contribution in [0.2, 0.25) is 37.3 Å². The number of hydrogen-bond acceptors (Lipinski definition) is 26. The smallest absolute Gasteiger partial charge is 0.246 e. The minimum Gasteiger partial charge on any atom is -0.421 e. The van der Waals surface area contributed by atoms with Crippen molar-refractivity contribution >= 4 is 86.2 Å². The Balaban J connectivity index is 0. The number of carbonyl (C=O) groups excluding carboxylic acids is 3. The Morgan fingerprint density at radius 3 is 1.78 bits per heavy atom. The van der Waals surface area contributed by atoms with E-state index in [2.05, 4.69) is 75.5 Å². The van der Waals surface area contributed by atoms with Crippen molar-refractivity contribution in [1.29, 1.82) is 1.43 Å². The summed E-state index contributed by atoms with van der Waals surface area (Å²) < 4.78 is 112. The van der Waals surface area contributed by atoms with Crippen molar-refractivity contribution in [2.75, 3.05) is 113 Å². The number of unbranched alkanes of at least 4 members (excludes halogenated alkanes) is 3. The van der Waals surface area contributed by atoms with Gasteiger partial charge in [-0.1, -0.05) is 42.8 Å². The molecule has 0 aromatic carbocycles. The SMILES string of the molecule is CI.CO[Si](C)(C)CCCN.[2H]OC1OC(n2ccc(CCCCCCNC)nc2=O)CC1O[P+](=O)[O-].[3H]C.[3H]C1(C)CC(OCC(=O)NCCC[Si]OC)C(CO[N]=[V])O1.[3H]C1CC(OCC(=O)NCCC[Si]OC)C(O)O1.[3H]C1CC(OCC(=O)NCCC[Si]OC)C(O)O1. The molecular formula is C55H108IN8O22PSi4V. The fourth-order valence-electron chi connectivity index (χ4n) is 7.98. The van der Waals surface area contributed by atoms with Gasteiger partial charge in [0.2, 0.25) is 42.5 Å². The van der Waals surface area contributed by atoms with Gasteiger partial charge in [0, 0.05) is 74.1 Å². The summed E-state index contributed by atoms with van der Waals surface area (Å²) in [6.45, 7) is 8.02. The number of aliphatic hydroxyl groups is 3. The van der Waals surface area contributed by atoms with Crippen LogP contribution in [0, 0.1) is 0 Å². The third kappa shape index (κ3) is 47.5. The molecule has 1 aromatic rings. The van der Waals surface area contributed by atoms with Crippen molar-refractivity contribution in [2.45, 2.75) is 197 Å². The number of rotatable bonds is 42. The Labute approximate surface area is 584 Å². The largest absolute Gasteiger partial charge is 0.421 e. The fraction of sp³-hybridized carbons (Fsp3) is 0.873. The number of hydrogen-bond donors (Lipinski definition) is 8. The molecule has 0 bridgehead atoms. The van der Waals surface area contributed by atoms with Crippen molar-refractivity contribution in [1.82, 2.24) is 30.8 Å². The van der Waals surface area contributed by atoms with E-state index in [1.54, 1.807) is 47.6 Å². The molecule has 9 N–H and O–H groups in total. The quantitative estimate of drug-likeness (QED) is 0.0116. The number of alkyl halides is 1. The maximum Gasteiger partial charge on any atom is 0.246 e. The van der Waals surface area contributed by atoms with Crippen LogP contribution >= 0.6 is 30.8 Å². The average Bonchev–Trinajstić information content (AvgIpc) is 1.73. The summed E-state index contributed by atoms with van der Waals surface area (Å²) in [6, 6.07) is 5.71. The summed E-state index contributed by atoms with van der Waals surface area (Å²) in [5, 5.41) is 34.3. The Morgan fingerprint density at radius 2 is 1.36 bits per heavy atom. The van der Waals surface area contributed by atoms with Crippen molar-refractivity contribution in [3.63, 3.8) is 0 Å². The monoisotopic (exact) mass is 1560 g/mol. The minimum atomic E-state index is -3.11. The third-order valence-electron chi connectivity index (χ3n) is 13.0. The summed E-state index contributed by atoms with van der Waals surface area (Å²) >= 11 is 4.10. The first kappa shape index (κ1) is 83.0.